The van der Waals surface area contributed by atoms with E-state index in [1.807, 2.05) is 6.08 Å². The van der Waals surface area contributed by atoms with Crippen LogP contribution in [0.2, 0.25) is 0 Å². The second-order valence-electron chi connectivity index (χ2n) is 2.81. The van der Waals surface area contributed by atoms with Crippen molar-refractivity contribution in [2.75, 3.05) is 0 Å². The molecule has 0 radical (unpaired) electrons. The predicted octanol–water partition coefficient (Wildman–Crippen LogP) is 4.09. The quantitative estimate of drug-likeness (QED) is 0.397. The van der Waals surface area contributed by atoms with Gasteiger partial charge in [0.05, 0.1) is 0 Å². The molecule has 0 aromatic carbocycles. The zero-order valence-corrected chi connectivity index (χ0v) is 7.90. The van der Waals surface area contributed by atoms with Gasteiger partial charge in [-0.25, -0.2) is 0 Å². The van der Waals surface area contributed by atoms with Crippen molar-refractivity contribution in [3.8, 4) is 0 Å². The zero-order chi connectivity index (χ0) is 8.53. The van der Waals surface area contributed by atoms with Gasteiger partial charge in [-0.2, -0.15) is 0 Å². The summed E-state index contributed by atoms with van der Waals surface area (Å²) >= 11 is 0. The Morgan fingerprint density at radius 2 is 2.09 bits per heavy atom. The first-order chi connectivity index (χ1) is 5.35. The van der Waals surface area contributed by atoms with Crippen LogP contribution in [0.25, 0.3) is 0 Å². The van der Waals surface area contributed by atoms with Crippen LogP contribution in [-0.2, 0) is 0 Å². The molecule has 0 heteroatoms. The molecule has 0 aliphatic rings. The molecular weight excluding hydrogens is 132 g/mol. The van der Waals surface area contributed by atoms with E-state index in [0.717, 1.165) is 6.42 Å². The monoisotopic (exact) mass is 152 g/mol. The Hall–Kier alpha value is -0.520. The zero-order valence-electron chi connectivity index (χ0n) is 7.90. The first-order valence-electron chi connectivity index (χ1n) is 4.63. The Labute approximate surface area is 71.0 Å². The number of rotatable bonds is 6. The average molecular weight is 152 g/mol. The first-order valence-corrected chi connectivity index (χ1v) is 4.63. The largest absolute Gasteiger partial charge is 0.103 e. The topological polar surface area (TPSA) is 0 Å². The smallest absolute Gasteiger partial charge is 0.0317 e. The number of allylic oxidation sites excluding steroid dienone is 3. The fourth-order valence-electron chi connectivity index (χ4n) is 1.19. The Morgan fingerprint density at radius 3 is 2.55 bits per heavy atom. The summed E-state index contributed by atoms with van der Waals surface area (Å²) in [6, 6.07) is 0. The van der Waals surface area contributed by atoms with Gasteiger partial charge in [0.15, 0.2) is 0 Å². The maximum absolute atomic E-state index is 3.71. The van der Waals surface area contributed by atoms with E-state index in [1.54, 1.807) is 5.57 Å². The van der Waals surface area contributed by atoms with Crippen molar-refractivity contribution in [2.24, 2.45) is 0 Å². The van der Waals surface area contributed by atoms with Crippen LogP contribution >= 0.6 is 0 Å². The fraction of sp³-hybridized carbons (Fsp3) is 0.636. The molecule has 0 aliphatic heterocycles. The molecule has 0 amide bonds. The van der Waals surface area contributed by atoms with Crippen LogP contribution < -0.4 is 0 Å². The minimum absolute atomic E-state index is 1.15. The van der Waals surface area contributed by atoms with E-state index >= 15 is 0 Å². The van der Waals surface area contributed by atoms with E-state index in [1.165, 1.54) is 25.7 Å². The van der Waals surface area contributed by atoms with Gasteiger partial charge in [0, 0.05) is 0 Å². The highest BCUT2D eigenvalue weighted by Crippen LogP contribution is 2.11. The maximum atomic E-state index is 3.71. The minimum Gasteiger partial charge on any atom is -0.103 e. The van der Waals surface area contributed by atoms with Crippen molar-refractivity contribution in [3.63, 3.8) is 0 Å². The van der Waals surface area contributed by atoms with E-state index in [0.29, 0.717) is 0 Å². The summed E-state index contributed by atoms with van der Waals surface area (Å²) in [7, 11) is 0. The SMILES string of the molecule is C=CCCCC(=CCC)CC. The first kappa shape index (κ1) is 10.5. The van der Waals surface area contributed by atoms with Crippen molar-refractivity contribution >= 4 is 0 Å². The van der Waals surface area contributed by atoms with Gasteiger partial charge in [-0.05, 0) is 32.1 Å². The minimum atomic E-state index is 1.15. The maximum Gasteiger partial charge on any atom is -0.0317 e. The molecule has 0 bridgehead atoms. The standard InChI is InChI=1S/C11H20/c1-4-7-8-10-11(6-3)9-5-2/h4,9H,1,5-8,10H2,2-3H3. The number of hydrogen-bond donors (Lipinski definition) is 0. The molecule has 0 atom stereocenters. The summed E-state index contributed by atoms with van der Waals surface area (Å²) in [5, 5.41) is 0. The van der Waals surface area contributed by atoms with Crippen molar-refractivity contribution < 1.29 is 0 Å². The van der Waals surface area contributed by atoms with E-state index in [-0.39, 0.29) is 0 Å². The van der Waals surface area contributed by atoms with Crippen molar-refractivity contribution in [2.45, 2.75) is 46.0 Å². The van der Waals surface area contributed by atoms with Crippen LogP contribution in [-0.4, -0.2) is 0 Å². The second kappa shape index (κ2) is 7.59. The van der Waals surface area contributed by atoms with Gasteiger partial charge in [0.1, 0.15) is 0 Å². The Morgan fingerprint density at radius 1 is 1.36 bits per heavy atom. The number of hydrogen-bond acceptors (Lipinski definition) is 0. The van der Waals surface area contributed by atoms with Gasteiger partial charge in [0.2, 0.25) is 0 Å². The van der Waals surface area contributed by atoms with Crippen LogP contribution in [0.1, 0.15) is 46.0 Å². The third-order valence-corrected chi connectivity index (χ3v) is 1.85. The molecule has 0 unspecified atom stereocenters. The molecular formula is C11H20. The van der Waals surface area contributed by atoms with Gasteiger partial charge in [0.25, 0.3) is 0 Å². The number of unbranched alkanes of at least 4 members (excludes halogenated alkanes) is 1. The average Bonchev–Trinajstić information content (AvgIpc) is 2.03. The highest BCUT2D eigenvalue weighted by molar-refractivity contribution is 5.00. The molecule has 0 aromatic heterocycles. The lowest BCUT2D eigenvalue weighted by Gasteiger charge is -2.01. The second-order valence-corrected chi connectivity index (χ2v) is 2.81. The molecule has 0 fully saturated rings. The van der Waals surface area contributed by atoms with Gasteiger partial charge < -0.3 is 0 Å². The Balaban J connectivity index is 3.51. The predicted molar refractivity (Wildman–Crippen MR) is 52.7 cm³/mol. The Kier molecular flexibility index (Phi) is 7.23. The molecule has 0 rings (SSSR count). The van der Waals surface area contributed by atoms with Crippen LogP contribution in [0.4, 0.5) is 0 Å². The van der Waals surface area contributed by atoms with E-state index < -0.39 is 0 Å². The van der Waals surface area contributed by atoms with Crippen molar-refractivity contribution in [1.29, 1.82) is 0 Å². The molecule has 0 saturated carbocycles. The van der Waals surface area contributed by atoms with E-state index in [4.69, 9.17) is 0 Å². The van der Waals surface area contributed by atoms with Crippen molar-refractivity contribution in [3.05, 3.63) is 24.3 Å². The van der Waals surface area contributed by atoms with Crippen LogP contribution in [0, 0.1) is 0 Å². The lowest BCUT2D eigenvalue weighted by molar-refractivity contribution is 0.798. The molecule has 0 aromatic rings. The Bertz CT molecular complexity index is 120. The highest BCUT2D eigenvalue weighted by atomic mass is 14.0. The lowest BCUT2D eigenvalue weighted by atomic mass is 10.1. The summed E-state index contributed by atoms with van der Waals surface area (Å²) in [6.07, 6.45) is 10.4. The molecule has 0 aliphatic carbocycles. The summed E-state index contributed by atoms with van der Waals surface area (Å²) in [4.78, 5) is 0. The van der Waals surface area contributed by atoms with Gasteiger partial charge in [-0.1, -0.05) is 31.6 Å². The third-order valence-electron chi connectivity index (χ3n) is 1.85. The molecule has 64 valence electrons. The molecule has 0 spiro atoms. The van der Waals surface area contributed by atoms with Crippen LogP contribution in [0.15, 0.2) is 24.3 Å². The summed E-state index contributed by atoms with van der Waals surface area (Å²) in [5.41, 5.74) is 1.61. The third kappa shape index (κ3) is 5.90. The molecule has 0 nitrogen and oxygen atoms in total. The fourth-order valence-corrected chi connectivity index (χ4v) is 1.19. The normalized spacial score (nSPS) is 11.6. The molecule has 0 N–H and O–H groups in total. The summed E-state index contributed by atoms with van der Waals surface area (Å²) in [5.74, 6) is 0. The van der Waals surface area contributed by atoms with Crippen molar-refractivity contribution in [1.82, 2.24) is 0 Å². The van der Waals surface area contributed by atoms with Gasteiger partial charge in [-0.3, -0.25) is 0 Å². The lowest BCUT2D eigenvalue weighted by Crippen LogP contribution is -1.81. The van der Waals surface area contributed by atoms with E-state index in [9.17, 15) is 0 Å². The van der Waals surface area contributed by atoms with Crippen LogP contribution in [0.5, 0.6) is 0 Å². The molecule has 11 heavy (non-hydrogen) atoms. The van der Waals surface area contributed by atoms with E-state index in [2.05, 4.69) is 26.5 Å². The molecule has 0 heterocycles. The molecule has 0 saturated heterocycles. The van der Waals surface area contributed by atoms with Gasteiger partial charge >= 0.3 is 0 Å². The van der Waals surface area contributed by atoms with Gasteiger partial charge in [-0.15, -0.1) is 6.58 Å². The summed E-state index contributed by atoms with van der Waals surface area (Å²) in [6.45, 7) is 8.14. The van der Waals surface area contributed by atoms with Crippen LogP contribution in [0.3, 0.4) is 0 Å². The highest BCUT2D eigenvalue weighted by Gasteiger charge is 1.91. The summed E-state index contributed by atoms with van der Waals surface area (Å²) < 4.78 is 0.